The highest BCUT2D eigenvalue weighted by Crippen LogP contribution is 2.19. The molecule has 1 unspecified atom stereocenters. The van der Waals surface area contributed by atoms with Crippen LogP contribution in [0.4, 0.5) is 10.5 Å². The first-order valence-electron chi connectivity index (χ1n) is 7.68. The van der Waals surface area contributed by atoms with Crippen molar-refractivity contribution in [3.8, 4) is 0 Å². The number of hydrogen-bond donors (Lipinski definition) is 2. The summed E-state index contributed by atoms with van der Waals surface area (Å²) in [5.41, 5.74) is 1.88. The normalized spacial score (nSPS) is 17.0. The van der Waals surface area contributed by atoms with Crippen LogP contribution in [-0.2, 0) is 20.0 Å². The first kappa shape index (κ1) is 13.8. The van der Waals surface area contributed by atoms with Crippen molar-refractivity contribution in [3.05, 3.63) is 42.6 Å². The number of benzene rings is 1. The minimum Gasteiger partial charge on any atom is -0.350 e. The lowest BCUT2D eigenvalue weighted by molar-refractivity contribution is 0.243. The summed E-state index contributed by atoms with van der Waals surface area (Å²) in [4.78, 5) is 16.4. The molecule has 2 amide bonds. The van der Waals surface area contributed by atoms with Gasteiger partial charge in [-0.15, -0.1) is 0 Å². The Hall–Kier alpha value is -2.83. The van der Waals surface area contributed by atoms with Crippen molar-refractivity contribution in [3.63, 3.8) is 0 Å². The van der Waals surface area contributed by atoms with Crippen molar-refractivity contribution < 1.29 is 4.79 Å². The first-order chi connectivity index (χ1) is 11.2. The standard InChI is InChI=1S/C16H18N6O/c1-21-7-6-11-2-3-12(8-14(11)21)19-16(23)20-13-4-5-15-17-10-18-22(15)9-13/h2-3,6-8,10,13H,4-5,9H2,1H3,(H2,19,20,23). The van der Waals surface area contributed by atoms with Gasteiger partial charge in [0.1, 0.15) is 12.2 Å². The van der Waals surface area contributed by atoms with Gasteiger partial charge in [-0.1, -0.05) is 6.07 Å². The predicted octanol–water partition coefficient (Wildman–Crippen LogP) is 1.91. The summed E-state index contributed by atoms with van der Waals surface area (Å²) in [7, 11) is 1.99. The van der Waals surface area contributed by atoms with Crippen LogP contribution in [0.2, 0.25) is 0 Å². The van der Waals surface area contributed by atoms with Gasteiger partial charge in [0.2, 0.25) is 0 Å². The van der Waals surface area contributed by atoms with Gasteiger partial charge in [-0.25, -0.2) is 14.5 Å². The van der Waals surface area contributed by atoms with Crippen LogP contribution in [0.5, 0.6) is 0 Å². The minimum absolute atomic E-state index is 0.0722. The first-order valence-corrected chi connectivity index (χ1v) is 7.68. The lowest BCUT2D eigenvalue weighted by Crippen LogP contribution is -2.43. The quantitative estimate of drug-likeness (QED) is 0.759. The number of anilines is 1. The molecular weight excluding hydrogens is 292 g/mol. The monoisotopic (exact) mass is 310 g/mol. The maximum absolute atomic E-state index is 12.2. The van der Waals surface area contributed by atoms with E-state index in [0.717, 1.165) is 35.3 Å². The number of carbonyl (C=O) groups excluding carboxylic acids is 1. The van der Waals surface area contributed by atoms with Gasteiger partial charge in [0.15, 0.2) is 0 Å². The lowest BCUT2D eigenvalue weighted by Gasteiger charge is -2.23. The third-order valence-corrected chi connectivity index (χ3v) is 4.29. The fourth-order valence-electron chi connectivity index (χ4n) is 3.05. The van der Waals surface area contributed by atoms with Crippen molar-refractivity contribution in [2.75, 3.05) is 5.32 Å². The molecule has 4 rings (SSSR count). The number of carbonyl (C=O) groups is 1. The number of nitrogens with one attached hydrogen (secondary N) is 2. The fraction of sp³-hybridized carbons (Fsp3) is 0.312. The Labute approximate surface area is 133 Å². The zero-order chi connectivity index (χ0) is 15.8. The van der Waals surface area contributed by atoms with E-state index in [4.69, 9.17) is 0 Å². The molecule has 0 saturated heterocycles. The highest BCUT2D eigenvalue weighted by Gasteiger charge is 2.21. The third kappa shape index (κ3) is 2.65. The van der Waals surface area contributed by atoms with E-state index < -0.39 is 0 Å². The summed E-state index contributed by atoms with van der Waals surface area (Å²) >= 11 is 0. The maximum atomic E-state index is 12.2. The number of fused-ring (bicyclic) bond motifs is 2. The van der Waals surface area contributed by atoms with E-state index in [0.29, 0.717) is 6.54 Å². The van der Waals surface area contributed by atoms with E-state index in [-0.39, 0.29) is 12.1 Å². The Morgan fingerprint density at radius 2 is 2.26 bits per heavy atom. The molecule has 0 aliphatic carbocycles. The van der Waals surface area contributed by atoms with Gasteiger partial charge in [0, 0.05) is 30.9 Å². The molecule has 3 aromatic rings. The smallest absolute Gasteiger partial charge is 0.319 e. The Morgan fingerprint density at radius 1 is 1.35 bits per heavy atom. The number of aromatic nitrogens is 4. The van der Waals surface area contributed by atoms with E-state index in [1.807, 2.05) is 40.7 Å². The molecule has 1 atom stereocenters. The highest BCUT2D eigenvalue weighted by atomic mass is 16.2. The van der Waals surface area contributed by atoms with Gasteiger partial charge >= 0.3 is 6.03 Å². The topological polar surface area (TPSA) is 76.8 Å². The van der Waals surface area contributed by atoms with E-state index >= 15 is 0 Å². The van der Waals surface area contributed by atoms with Gasteiger partial charge in [0.25, 0.3) is 0 Å². The molecule has 3 heterocycles. The minimum atomic E-state index is -0.188. The Kier molecular flexibility index (Phi) is 3.25. The SMILES string of the molecule is Cn1ccc2ccc(NC(=O)NC3CCc4ncnn4C3)cc21. The molecule has 0 fully saturated rings. The maximum Gasteiger partial charge on any atom is 0.319 e. The van der Waals surface area contributed by atoms with Crippen LogP contribution in [0, 0.1) is 0 Å². The number of urea groups is 1. The van der Waals surface area contributed by atoms with Gasteiger partial charge in [-0.2, -0.15) is 5.10 Å². The molecule has 1 aliphatic heterocycles. The molecule has 7 nitrogen and oxygen atoms in total. The fourth-order valence-corrected chi connectivity index (χ4v) is 3.05. The zero-order valence-corrected chi connectivity index (χ0v) is 12.9. The summed E-state index contributed by atoms with van der Waals surface area (Å²) < 4.78 is 3.89. The summed E-state index contributed by atoms with van der Waals surface area (Å²) in [5.74, 6) is 0.984. The van der Waals surface area contributed by atoms with Gasteiger partial charge in [-0.3, -0.25) is 0 Å². The molecule has 1 aliphatic rings. The van der Waals surface area contributed by atoms with Gasteiger partial charge in [-0.05, 0) is 30.0 Å². The summed E-state index contributed by atoms with van der Waals surface area (Å²) in [6.45, 7) is 0.666. The summed E-state index contributed by atoms with van der Waals surface area (Å²) in [6.07, 6.45) is 5.28. The molecule has 0 spiro atoms. The molecule has 0 bridgehead atoms. The number of nitrogens with zero attached hydrogens (tertiary/aromatic N) is 4. The molecular formula is C16H18N6O. The number of amides is 2. The second kappa shape index (κ2) is 5.42. The molecule has 0 saturated carbocycles. The van der Waals surface area contributed by atoms with Crippen LogP contribution in [0.1, 0.15) is 12.2 Å². The largest absolute Gasteiger partial charge is 0.350 e. The van der Waals surface area contributed by atoms with Crippen LogP contribution in [-0.4, -0.2) is 31.4 Å². The third-order valence-electron chi connectivity index (χ3n) is 4.29. The summed E-state index contributed by atoms with van der Waals surface area (Å²) in [5, 5.41) is 11.2. The highest BCUT2D eigenvalue weighted by molar-refractivity contribution is 5.92. The molecule has 1 aromatic carbocycles. The molecule has 2 aromatic heterocycles. The van der Waals surface area contributed by atoms with E-state index in [1.54, 1.807) is 6.33 Å². The second-order valence-corrected chi connectivity index (χ2v) is 5.89. The Balaban J connectivity index is 1.42. The Morgan fingerprint density at radius 3 is 3.17 bits per heavy atom. The molecule has 118 valence electrons. The van der Waals surface area contributed by atoms with Gasteiger partial charge < -0.3 is 15.2 Å². The van der Waals surface area contributed by atoms with E-state index in [1.165, 1.54) is 0 Å². The molecule has 23 heavy (non-hydrogen) atoms. The van der Waals surface area contributed by atoms with E-state index in [2.05, 4.69) is 26.8 Å². The van der Waals surface area contributed by atoms with Crippen LogP contribution < -0.4 is 10.6 Å². The van der Waals surface area contributed by atoms with Crippen molar-refractivity contribution in [1.29, 1.82) is 0 Å². The van der Waals surface area contributed by atoms with Crippen LogP contribution in [0.3, 0.4) is 0 Å². The van der Waals surface area contributed by atoms with Crippen molar-refractivity contribution in [2.45, 2.75) is 25.4 Å². The van der Waals surface area contributed by atoms with Gasteiger partial charge in [0.05, 0.1) is 12.6 Å². The summed E-state index contributed by atoms with van der Waals surface area (Å²) in [6, 6.07) is 7.84. The van der Waals surface area contributed by atoms with Crippen LogP contribution in [0.25, 0.3) is 10.9 Å². The molecule has 0 radical (unpaired) electrons. The van der Waals surface area contributed by atoms with Crippen molar-refractivity contribution >= 4 is 22.6 Å². The number of rotatable bonds is 2. The van der Waals surface area contributed by atoms with Crippen molar-refractivity contribution in [2.24, 2.45) is 7.05 Å². The van der Waals surface area contributed by atoms with Crippen LogP contribution in [0.15, 0.2) is 36.8 Å². The van der Waals surface area contributed by atoms with Crippen molar-refractivity contribution in [1.82, 2.24) is 24.6 Å². The Bertz CT molecular complexity index is 864. The lowest BCUT2D eigenvalue weighted by atomic mass is 10.1. The second-order valence-electron chi connectivity index (χ2n) is 5.89. The molecule has 2 N–H and O–H groups in total. The zero-order valence-electron chi connectivity index (χ0n) is 12.9. The average Bonchev–Trinajstić information content (AvgIpc) is 3.14. The predicted molar refractivity (Wildman–Crippen MR) is 87.2 cm³/mol. The number of hydrogen-bond acceptors (Lipinski definition) is 3. The average molecular weight is 310 g/mol. The molecule has 7 heteroatoms. The van der Waals surface area contributed by atoms with E-state index in [9.17, 15) is 4.79 Å². The van der Waals surface area contributed by atoms with Crippen LogP contribution >= 0.6 is 0 Å². The number of aryl methyl sites for hydroxylation is 2.